The van der Waals surface area contributed by atoms with Crippen molar-refractivity contribution in [2.24, 2.45) is 0 Å². The van der Waals surface area contributed by atoms with Gasteiger partial charge in [-0.25, -0.2) is 9.78 Å². The predicted molar refractivity (Wildman–Crippen MR) is 108 cm³/mol. The van der Waals surface area contributed by atoms with Gasteiger partial charge in [0.25, 0.3) is 0 Å². The lowest BCUT2D eigenvalue weighted by Gasteiger charge is -2.14. The Bertz CT molecular complexity index is 975. The van der Waals surface area contributed by atoms with Gasteiger partial charge in [-0.3, -0.25) is 5.32 Å². The Morgan fingerprint density at radius 1 is 1.00 bits per heavy atom. The first-order chi connectivity index (χ1) is 13.0. The van der Waals surface area contributed by atoms with Gasteiger partial charge in [-0.2, -0.15) is 0 Å². The standard InChI is InChI=1S/C19H21N3O4S/c1-10-6-7-15-16(11(10)2)21-19(27-15)22-18(23)20-12-8-13(24-3)17(26-5)14(9-12)25-4/h6-9H,1-5H3,(H2,20,21,22,23). The van der Waals surface area contributed by atoms with Crippen LogP contribution in [0.5, 0.6) is 17.2 Å². The highest BCUT2D eigenvalue weighted by atomic mass is 32.1. The molecule has 0 aliphatic rings. The van der Waals surface area contributed by atoms with Crippen LogP contribution in [0.2, 0.25) is 0 Å². The Labute approximate surface area is 161 Å². The van der Waals surface area contributed by atoms with Gasteiger partial charge >= 0.3 is 6.03 Å². The molecule has 0 aliphatic heterocycles. The summed E-state index contributed by atoms with van der Waals surface area (Å²) >= 11 is 1.43. The van der Waals surface area contributed by atoms with Crippen molar-refractivity contribution in [2.75, 3.05) is 32.0 Å². The summed E-state index contributed by atoms with van der Waals surface area (Å²) in [5, 5.41) is 6.07. The zero-order valence-electron chi connectivity index (χ0n) is 15.8. The van der Waals surface area contributed by atoms with Crippen molar-refractivity contribution >= 4 is 38.4 Å². The van der Waals surface area contributed by atoms with Gasteiger partial charge in [-0.15, -0.1) is 0 Å². The number of methoxy groups -OCH3 is 3. The van der Waals surface area contributed by atoms with E-state index in [0.29, 0.717) is 28.1 Å². The molecule has 2 amide bonds. The van der Waals surface area contributed by atoms with Crippen molar-refractivity contribution in [2.45, 2.75) is 13.8 Å². The molecule has 2 aromatic carbocycles. The van der Waals surface area contributed by atoms with Crippen LogP contribution in [-0.2, 0) is 0 Å². The molecular weight excluding hydrogens is 366 g/mol. The van der Waals surface area contributed by atoms with Gasteiger partial charge in [0.2, 0.25) is 5.75 Å². The Morgan fingerprint density at radius 2 is 1.67 bits per heavy atom. The summed E-state index contributed by atoms with van der Waals surface area (Å²) in [7, 11) is 4.57. The van der Waals surface area contributed by atoms with Gasteiger partial charge in [0, 0.05) is 12.1 Å². The van der Waals surface area contributed by atoms with Crippen LogP contribution in [0.1, 0.15) is 11.1 Å². The number of urea groups is 1. The minimum absolute atomic E-state index is 0.405. The molecule has 27 heavy (non-hydrogen) atoms. The van der Waals surface area contributed by atoms with Gasteiger partial charge in [0.15, 0.2) is 16.6 Å². The first-order valence-corrected chi connectivity index (χ1v) is 9.03. The first kappa shape index (κ1) is 18.8. The summed E-state index contributed by atoms with van der Waals surface area (Å²) in [6.07, 6.45) is 0. The fourth-order valence-corrected chi connectivity index (χ4v) is 3.61. The molecule has 0 fully saturated rings. The summed E-state index contributed by atoms with van der Waals surface area (Å²) in [5.74, 6) is 1.37. The summed E-state index contributed by atoms with van der Waals surface area (Å²) < 4.78 is 16.9. The third kappa shape index (κ3) is 3.75. The molecule has 1 aromatic heterocycles. The highest BCUT2D eigenvalue weighted by Crippen LogP contribution is 2.40. The number of ether oxygens (including phenoxy) is 3. The Morgan fingerprint density at radius 3 is 2.26 bits per heavy atom. The van der Waals surface area contributed by atoms with E-state index in [1.54, 1.807) is 12.1 Å². The molecule has 0 saturated carbocycles. The third-order valence-corrected chi connectivity index (χ3v) is 5.16. The Kier molecular flexibility index (Phi) is 5.36. The molecule has 1 heterocycles. The normalized spacial score (nSPS) is 10.6. The third-order valence-electron chi connectivity index (χ3n) is 4.23. The van der Waals surface area contributed by atoms with Crippen LogP contribution < -0.4 is 24.8 Å². The number of carbonyl (C=O) groups is 1. The molecule has 3 rings (SSSR count). The number of benzene rings is 2. The smallest absolute Gasteiger partial charge is 0.325 e. The van der Waals surface area contributed by atoms with Gasteiger partial charge in [-0.1, -0.05) is 17.4 Å². The predicted octanol–water partition coefficient (Wildman–Crippen LogP) is 4.58. The van der Waals surface area contributed by atoms with Crippen LogP contribution in [0.25, 0.3) is 10.2 Å². The molecule has 142 valence electrons. The average Bonchev–Trinajstić information content (AvgIpc) is 3.06. The monoisotopic (exact) mass is 387 g/mol. The van der Waals surface area contributed by atoms with Crippen molar-refractivity contribution in [3.63, 3.8) is 0 Å². The molecule has 3 aromatic rings. The minimum atomic E-state index is -0.405. The van der Waals surface area contributed by atoms with E-state index in [2.05, 4.69) is 21.7 Å². The maximum Gasteiger partial charge on any atom is 0.325 e. The van der Waals surface area contributed by atoms with Crippen LogP contribution in [0, 0.1) is 13.8 Å². The molecule has 0 saturated heterocycles. The van der Waals surface area contributed by atoms with E-state index < -0.39 is 6.03 Å². The lowest BCUT2D eigenvalue weighted by atomic mass is 10.1. The summed E-state index contributed by atoms with van der Waals surface area (Å²) in [4.78, 5) is 16.9. The number of nitrogens with zero attached hydrogens (tertiary/aromatic N) is 1. The minimum Gasteiger partial charge on any atom is -0.493 e. The average molecular weight is 387 g/mol. The number of amides is 2. The van der Waals surface area contributed by atoms with Crippen LogP contribution in [0.15, 0.2) is 24.3 Å². The van der Waals surface area contributed by atoms with Crippen LogP contribution in [-0.4, -0.2) is 32.3 Å². The van der Waals surface area contributed by atoms with Crippen molar-refractivity contribution in [3.8, 4) is 17.2 Å². The number of fused-ring (bicyclic) bond motifs is 1. The van der Waals surface area contributed by atoms with E-state index in [-0.39, 0.29) is 0 Å². The molecule has 0 radical (unpaired) electrons. The van der Waals surface area contributed by atoms with Crippen molar-refractivity contribution in [3.05, 3.63) is 35.4 Å². The lowest BCUT2D eigenvalue weighted by molar-refractivity contribution is 0.262. The molecule has 0 atom stereocenters. The van der Waals surface area contributed by atoms with Crippen molar-refractivity contribution in [1.29, 1.82) is 0 Å². The quantitative estimate of drug-likeness (QED) is 0.669. The zero-order chi connectivity index (χ0) is 19.6. The number of carbonyl (C=O) groups excluding carboxylic acids is 1. The number of hydrogen-bond acceptors (Lipinski definition) is 6. The number of thiazole rings is 1. The number of nitrogens with one attached hydrogen (secondary N) is 2. The van der Waals surface area contributed by atoms with E-state index in [4.69, 9.17) is 14.2 Å². The fraction of sp³-hybridized carbons (Fsp3) is 0.263. The second kappa shape index (κ2) is 7.71. The maximum absolute atomic E-state index is 12.4. The highest BCUT2D eigenvalue weighted by Gasteiger charge is 2.15. The van der Waals surface area contributed by atoms with Crippen molar-refractivity contribution in [1.82, 2.24) is 4.98 Å². The van der Waals surface area contributed by atoms with E-state index >= 15 is 0 Å². The summed E-state index contributed by atoms with van der Waals surface area (Å²) in [6.45, 7) is 4.07. The largest absolute Gasteiger partial charge is 0.493 e. The zero-order valence-corrected chi connectivity index (χ0v) is 16.6. The SMILES string of the molecule is COc1cc(NC(=O)Nc2nc3c(C)c(C)ccc3s2)cc(OC)c1OC. The number of hydrogen-bond donors (Lipinski definition) is 2. The van der Waals surface area contributed by atoms with Crippen LogP contribution in [0.3, 0.4) is 0 Å². The Hall–Kier alpha value is -3.00. The maximum atomic E-state index is 12.4. The van der Waals surface area contributed by atoms with E-state index in [1.807, 2.05) is 19.9 Å². The van der Waals surface area contributed by atoms with Crippen LogP contribution >= 0.6 is 11.3 Å². The van der Waals surface area contributed by atoms with Gasteiger partial charge < -0.3 is 19.5 Å². The summed E-state index contributed by atoms with van der Waals surface area (Å²) in [5.41, 5.74) is 3.70. The lowest BCUT2D eigenvalue weighted by Crippen LogP contribution is -2.19. The number of aromatic nitrogens is 1. The number of anilines is 2. The topological polar surface area (TPSA) is 81.7 Å². The van der Waals surface area contributed by atoms with Gasteiger partial charge in [0.05, 0.1) is 37.2 Å². The van der Waals surface area contributed by atoms with Crippen LogP contribution in [0.4, 0.5) is 15.6 Å². The van der Waals surface area contributed by atoms with Crippen molar-refractivity contribution < 1.29 is 19.0 Å². The van der Waals surface area contributed by atoms with E-state index in [0.717, 1.165) is 15.8 Å². The van der Waals surface area contributed by atoms with Gasteiger partial charge in [-0.05, 0) is 31.0 Å². The molecule has 0 unspecified atom stereocenters. The molecule has 8 heteroatoms. The van der Waals surface area contributed by atoms with E-state index in [1.165, 1.54) is 38.2 Å². The highest BCUT2D eigenvalue weighted by molar-refractivity contribution is 7.22. The van der Waals surface area contributed by atoms with E-state index in [9.17, 15) is 4.79 Å². The number of rotatable bonds is 5. The Balaban J connectivity index is 1.81. The summed E-state index contributed by atoms with van der Waals surface area (Å²) in [6, 6.07) is 6.98. The molecular formula is C19H21N3O4S. The number of aryl methyl sites for hydroxylation is 2. The van der Waals surface area contributed by atoms with Gasteiger partial charge in [0.1, 0.15) is 0 Å². The molecule has 0 bridgehead atoms. The molecule has 2 N–H and O–H groups in total. The molecule has 0 aliphatic carbocycles. The molecule has 0 spiro atoms. The fourth-order valence-electron chi connectivity index (χ4n) is 2.69. The second-order valence-corrected chi connectivity index (χ2v) is 6.90. The first-order valence-electron chi connectivity index (χ1n) is 8.21. The second-order valence-electron chi connectivity index (χ2n) is 5.87. The molecule has 7 nitrogen and oxygen atoms in total.